The minimum atomic E-state index is 0.717. The van der Waals surface area contributed by atoms with Gasteiger partial charge in [0.2, 0.25) is 5.95 Å². The number of aromatic nitrogens is 4. The molecular weight excluding hydrogens is 328 g/mol. The van der Waals surface area contributed by atoms with Gasteiger partial charge in [-0.25, -0.2) is 0 Å². The van der Waals surface area contributed by atoms with E-state index in [0.717, 1.165) is 67.9 Å². The second-order valence-electron chi connectivity index (χ2n) is 6.53. The molecule has 1 saturated heterocycles. The van der Waals surface area contributed by atoms with Crippen LogP contribution in [0.1, 0.15) is 18.2 Å². The van der Waals surface area contributed by atoms with Gasteiger partial charge in [0.1, 0.15) is 11.5 Å². The van der Waals surface area contributed by atoms with Gasteiger partial charge in [-0.15, -0.1) is 0 Å². The van der Waals surface area contributed by atoms with Gasteiger partial charge in [0, 0.05) is 44.3 Å². The van der Waals surface area contributed by atoms with Crippen molar-refractivity contribution in [1.29, 1.82) is 0 Å². The molecule has 0 unspecified atom stereocenters. The minimum Gasteiger partial charge on any atom is -0.378 e. The predicted octanol–water partition coefficient (Wildman–Crippen LogP) is 2.52. The van der Waals surface area contributed by atoms with Gasteiger partial charge in [-0.1, -0.05) is 0 Å². The monoisotopic (exact) mass is 352 g/mol. The summed E-state index contributed by atoms with van der Waals surface area (Å²) < 4.78 is 5.47. The zero-order valence-corrected chi connectivity index (χ0v) is 15.3. The molecule has 3 aromatic rings. The Morgan fingerprint density at radius 3 is 2.69 bits per heavy atom. The summed E-state index contributed by atoms with van der Waals surface area (Å²) in [4.78, 5) is 21.7. The first-order valence-corrected chi connectivity index (χ1v) is 9.08. The van der Waals surface area contributed by atoms with E-state index in [9.17, 15) is 0 Å². The third kappa shape index (κ3) is 3.35. The maximum absolute atomic E-state index is 5.47. The third-order valence-electron chi connectivity index (χ3n) is 4.69. The summed E-state index contributed by atoms with van der Waals surface area (Å²) in [5.74, 6) is 1.74. The van der Waals surface area contributed by atoms with E-state index in [-0.39, 0.29) is 0 Å². The van der Waals surface area contributed by atoms with Crippen LogP contribution in [0.3, 0.4) is 0 Å². The fraction of sp³-hybridized carbons (Fsp3) is 0.421. The number of nitrogens with zero attached hydrogens (tertiary/aromatic N) is 5. The Morgan fingerprint density at radius 1 is 1.19 bits per heavy atom. The number of anilines is 2. The molecule has 1 N–H and O–H groups in total. The number of pyridine rings is 1. The summed E-state index contributed by atoms with van der Waals surface area (Å²) in [5.41, 5.74) is 3.20. The van der Waals surface area contributed by atoms with Crippen molar-refractivity contribution in [2.75, 3.05) is 42.6 Å². The molecule has 0 atom stereocenters. The Balaban J connectivity index is 1.75. The normalized spacial score (nSPS) is 14.8. The van der Waals surface area contributed by atoms with Crippen molar-refractivity contribution in [2.24, 2.45) is 0 Å². The summed E-state index contributed by atoms with van der Waals surface area (Å²) in [7, 11) is 0. The molecule has 1 fully saturated rings. The lowest BCUT2D eigenvalue weighted by molar-refractivity contribution is 0.122. The van der Waals surface area contributed by atoms with Gasteiger partial charge in [-0.2, -0.15) is 9.97 Å². The van der Waals surface area contributed by atoms with Crippen LogP contribution in [-0.2, 0) is 11.3 Å². The quantitative estimate of drug-likeness (QED) is 0.761. The molecule has 0 aliphatic carbocycles. The van der Waals surface area contributed by atoms with E-state index in [0.29, 0.717) is 0 Å². The van der Waals surface area contributed by atoms with E-state index >= 15 is 0 Å². The van der Waals surface area contributed by atoms with Crippen LogP contribution in [-0.4, -0.2) is 52.8 Å². The lowest BCUT2D eigenvalue weighted by atomic mass is 10.2. The molecule has 0 spiro atoms. The largest absolute Gasteiger partial charge is 0.378 e. The molecule has 0 amide bonds. The Hall–Kier alpha value is -2.67. The van der Waals surface area contributed by atoms with Crippen molar-refractivity contribution in [3.05, 3.63) is 41.9 Å². The summed E-state index contributed by atoms with van der Waals surface area (Å²) >= 11 is 0. The number of fused-ring (bicyclic) bond motifs is 1. The van der Waals surface area contributed by atoms with Gasteiger partial charge in [0.25, 0.3) is 0 Å². The van der Waals surface area contributed by atoms with Crippen LogP contribution in [0, 0.1) is 6.92 Å². The lowest BCUT2D eigenvalue weighted by Gasteiger charge is -2.29. The highest BCUT2D eigenvalue weighted by Gasteiger charge is 2.20. The second-order valence-corrected chi connectivity index (χ2v) is 6.53. The molecular formula is C19H24N6O. The number of hydrogen-bond donors (Lipinski definition) is 1. The summed E-state index contributed by atoms with van der Waals surface area (Å²) in [6.45, 7) is 8.94. The number of ether oxygens (including phenoxy) is 1. The highest BCUT2D eigenvalue weighted by Crippen LogP contribution is 2.28. The van der Waals surface area contributed by atoms with Crippen LogP contribution < -0.4 is 9.80 Å². The SMILES string of the molecule is CCN(Cc1ccncc1)c1nc(N2CCOCC2)nc2[nH]c(C)cc12. The Bertz CT molecular complexity index is 872. The highest BCUT2D eigenvalue weighted by atomic mass is 16.5. The van der Waals surface area contributed by atoms with Gasteiger partial charge in [0.15, 0.2) is 0 Å². The average Bonchev–Trinajstić information content (AvgIpc) is 3.07. The molecule has 26 heavy (non-hydrogen) atoms. The zero-order valence-electron chi connectivity index (χ0n) is 15.3. The maximum Gasteiger partial charge on any atom is 0.229 e. The summed E-state index contributed by atoms with van der Waals surface area (Å²) in [6, 6.07) is 6.22. The van der Waals surface area contributed by atoms with E-state index in [4.69, 9.17) is 14.7 Å². The topological polar surface area (TPSA) is 70.2 Å². The molecule has 7 nitrogen and oxygen atoms in total. The average molecular weight is 352 g/mol. The van der Waals surface area contributed by atoms with Crippen molar-refractivity contribution in [3.63, 3.8) is 0 Å². The number of morpholine rings is 1. The van der Waals surface area contributed by atoms with E-state index in [2.05, 4.69) is 39.7 Å². The maximum atomic E-state index is 5.47. The number of hydrogen-bond acceptors (Lipinski definition) is 6. The second kappa shape index (κ2) is 7.29. The molecule has 3 aromatic heterocycles. The molecule has 4 rings (SSSR count). The van der Waals surface area contributed by atoms with Crippen molar-refractivity contribution in [2.45, 2.75) is 20.4 Å². The van der Waals surface area contributed by atoms with E-state index in [1.807, 2.05) is 24.5 Å². The van der Waals surface area contributed by atoms with Gasteiger partial charge < -0.3 is 19.5 Å². The van der Waals surface area contributed by atoms with Crippen molar-refractivity contribution >= 4 is 22.8 Å². The molecule has 0 bridgehead atoms. The molecule has 0 saturated carbocycles. The zero-order chi connectivity index (χ0) is 17.9. The Morgan fingerprint density at radius 2 is 1.96 bits per heavy atom. The predicted molar refractivity (Wildman–Crippen MR) is 103 cm³/mol. The lowest BCUT2D eigenvalue weighted by Crippen LogP contribution is -2.37. The van der Waals surface area contributed by atoms with Crippen LogP contribution in [0.15, 0.2) is 30.6 Å². The van der Waals surface area contributed by atoms with Crippen LogP contribution in [0.25, 0.3) is 11.0 Å². The first kappa shape index (κ1) is 16.8. The van der Waals surface area contributed by atoms with Crippen molar-refractivity contribution in [3.8, 4) is 0 Å². The fourth-order valence-corrected chi connectivity index (χ4v) is 3.30. The van der Waals surface area contributed by atoms with Gasteiger partial charge >= 0.3 is 0 Å². The standard InChI is InChI=1S/C19H24N6O/c1-3-24(13-15-4-6-20-7-5-15)18-16-12-14(2)21-17(16)22-19(23-18)25-8-10-26-11-9-25/h4-7,12H,3,8-11,13H2,1-2H3,(H,21,22,23). The summed E-state index contributed by atoms with van der Waals surface area (Å²) in [5, 5.41) is 1.07. The first-order chi connectivity index (χ1) is 12.7. The number of aromatic amines is 1. The molecule has 4 heterocycles. The summed E-state index contributed by atoms with van der Waals surface area (Å²) in [6.07, 6.45) is 3.66. The third-order valence-corrected chi connectivity index (χ3v) is 4.69. The van der Waals surface area contributed by atoms with Gasteiger partial charge in [-0.05, 0) is 37.6 Å². The van der Waals surface area contributed by atoms with E-state index < -0.39 is 0 Å². The van der Waals surface area contributed by atoms with Gasteiger partial charge in [-0.3, -0.25) is 4.98 Å². The van der Waals surface area contributed by atoms with E-state index in [1.54, 1.807) is 0 Å². The molecule has 7 heteroatoms. The smallest absolute Gasteiger partial charge is 0.229 e. The number of aryl methyl sites for hydroxylation is 1. The van der Waals surface area contributed by atoms with Gasteiger partial charge in [0.05, 0.1) is 18.6 Å². The molecule has 0 radical (unpaired) electrons. The number of H-pyrrole nitrogens is 1. The Labute approximate surface area is 153 Å². The van der Waals surface area contributed by atoms with Crippen LogP contribution in [0.5, 0.6) is 0 Å². The van der Waals surface area contributed by atoms with Crippen molar-refractivity contribution < 1.29 is 4.74 Å². The molecule has 136 valence electrons. The van der Waals surface area contributed by atoms with Crippen molar-refractivity contribution in [1.82, 2.24) is 19.9 Å². The highest BCUT2D eigenvalue weighted by molar-refractivity contribution is 5.89. The Kier molecular flexibility index (Phi) is 4.71. The number of rotatable bonds is 5. The van der Waals surface area contributed by atoms with E-state index in [1.165, 1.54) is 5.56 Å². The van der Waals surface area contributed by atoms with Crippen LogP contribution >= 0.6 is 0 Å². The van der Waals surface area contributed by atoms with Crippen LogP contribution in [0.2, 0.25) is 0 Å². The van der Waals surface area contributed by atoms with Crippen LogP contribution in [0.4, 0.5) is 11.8 Å². The fourth-order valence-electron chi connectivity index (χ4n) is 3.30. The minimum absolute atomic E-state index is 0.717. The molecule has 0 aromatic carbocycles. The first-order valence-electron chi connectivity index (χ1n) is 9.08. The molecule has 1 aliphatic heterocycles. The number of nitrogens with one attached hydrogen (secondary N) is 1. The molecule has 1 aliphatic rings.